The Bertz CT molecular complexity index is 617. The lowest BCUT2D eigenvalue weighted by Crippen LogP contribution is -2.36. The zero-order valence-electron chi connectivity index (χ0n) is 10.2. The maximum atomic E-state index is 5.78. The average Bonchev–Trinajstić information content (AvgIpc) is 2.80. The largest absolute Gasteiger partial charge is 0.335 e. The Kier molecular flexibility index (Phi) is 3.78. The molecule has 20 heavy (non-hydrogen) atoms. The van der Waals surface area contributed by atoms with E-state index in [4.69, 9.17) is 39.3 Å². The van der Waals surface area contributed by atoms with Gasteiger partial charge in [0, 0.05) is 4.47 Å². The minimum atomic E-state index is -1.68. The summed E-state index contributed by atoms with van der Waals surface area (Å²) in [6.45, 7) is 0. The van der Waals surface area contributed by atoms with Crippen LogP contribution in [0.4, 0.5) is 0 Å². The third-order valence-electron chi connectivity index (χ3n) is 3.70. The first-order valence-electron chi connectivity index (χ1n) is 6.09. The van der Waals surface area contributed by atoms with Crippen LogP contribution in [0.2, 0.25) is 0 Å². The molecule has 1 heterocycles. The first kappa shape index (κ1) is 14.6. The van der Waals surface area contributed by atoms with E-state index in [1.807, 2.05) is 12.1 Å². The first-order valence-corrected chi connectivity index (χ1v) is 8.02. The van der Waals surface area contributed by atoms with E-state index in [0.29, 0.717) is 5.82 Å². The summed E-state index contributed by atoms with van der Waals surface area (Å²) in [6, 6.07) is 8.14. The fourth-order valence-electron chi connectivity index (χ4n) is 2.47. The van der Waals surface area contributed by atoms with Crippen LogP contribution in [-0.4, -0.2) is 10.1 Å². The summed E-state index contributed by atoms with van der Waals surface area (Å²) in [5, 5.41) is 4.02. The highest BCUT2D eigenvalue weighted by Crippen LogP contribution is 2.49. The molecule has 0 radical (unpaired) electrons. The molecule has 1 saturated carbocycles. The SMILES string of the molecule is ClC(Cl)(Cl)c1nc(C2(c3ccc(Br)cc3)CCC2)no1. The summed E-state index contributed by atoms with van der Waals surface area (Å²) >= 11 is 20.8. The van der Waals surface area contributed by atoms with Crippen molar-refractivity contribution >= 4 is 50.7 Å². The highest BCUT2D eigenvalue weighted by atomic mass is 79.9. The molecule has 0 bridgehead atoms. The van der Waals surface area contributed by atoms with Gasteiger partial charge >= 0.3 is 0 Å². The minimum Gasteiger partial charge on any atom is -0.335 e. The number of benzene rings is 1. The summed E-state index contributed by atoms with van der Waals surface area (Å²) in [4.78, 5) is 4.29. The maximum Gasteiger partial charge on any atom is 0.278 e. The van der Waals surface area contributed by atoms with E-state index in [1.54, 1.807) is 0 Å². The Morgan fingerprint density at radius 2 is 1.80 bits per heavy atom. The van der Waals surface area contributed by atoms with Crippen LogP contribution in [0.15, 0.2) is 33.3 Å². The molecule has 0 unspecified atom stereocenters. The van der Waals surface area contributed by atoms with Gasteiger partial charge in [0.05, 0.1) is 5.41 Å². The predicted molar refractivity (Wildman–Crippen MR) is 82.3 cm³/mol. The Morgan fingerprint density at radius 3 is 2.25 bits per heavy atom. The lowest BCUT2D eigenvalue weighted by atomic mass is 9.64. The molecule has 2 aromatic rings. The molecule has 3 nitrogen and oxygen atoms in total. The van der Waals surface area contributed by atoms with Crippen LogP contribution < -0.4 is 0 Å². The number of halogens is 4. The molecule has 1 aromatic heterocycles. The van der Waals surface area contributed by atoms with Crippen LogP contribution in [-0.2, 0) is 9.21 Å². The smallest absolute Gasteiger partial charge is 0.278 e. The monoisotopic (exact) mass is 394 g/mol. The molecular weight excluding hydrogens is 386 g/mol. The molecule has 1 aromatic carbocycles. The molecule has 1 fully saturated rings. The molecule has 1 aliphatic rings. The fourth-order valence-corrected chi connectivity index (χ4v) is 2.97. The van der Waals surface area contributed by atoms with Crippen molar-refractivity contribution in [3.05, 3.63) is 46.0 Å². The topological polar surface area (TPSA) is 38.9 Å². The minimum absolute atomic E-state index is 0.0147. The second kappa shape index (κ2) is 5.16. The molecule has 0 N–H and O–H groups in total. The van der Waals surface area contributed by atoms with E-state index in [9.17, 15) is 0 Å². The van der Waals surface area contributed by atoms with Gasteiger partial charge in [-0.25, -0.2) is 0 Å². The van der Waals surface area contributed by atoms with Crippen molar-refractivity contribution in [3.8, 4) is 0 Å². The van der Waals surface area contributed by atoms with Crippen molar-refractivity contribution in [2.75, 3.05) is 0 Å². The Hall–Kier alpha value is -0.290. The van der Waals surface area contributed by atoms with Crippen LogP contribution in [0.1, 0.15) is 36.5 Å². The molecule has 0 amide bonds. The second-order valence-electron chi connectivity index (χ2n) is 4.86. The fraction of sp³-hybridized carbons (Fsp3) is 0.385. The van der Waals surface area contributed by atoms with Gasteiger partial charge in [-0.2, -0.15) is 4.98 Å². The molecule has 106 valence electrons. The highest BCUT2D eigenvalue weighted by Gasteiger charge is 2.45. The van der Waals surface area contributed by atoms with Gasteiger partial charge in [-0.3, -0.25) is 0 Å². The van der Waals surface area contributed by atoms with Crippen LogP contribution in [0.3, 0.4) is 0 Å². The lowest BCUT2D eigenvalue weighted by Gasteiger charge is -2.39. The highest BCUT2D eigenvalue weighted by molar-refractivity contribution is 9.10. The standard InChI is InChI=1S/C13H10BrCl3N2O/c14-9-4-2-8(3-5-9)12(6-1-7-12)10-18-11(20-19-10)13(15,16)17/h2-5H,1,6-7H2. The summed E-state index contributed by atoms with van der Waals surface area (Å²) in [5.41, 5.74) is 0.932. The molecule has 1 aliphatic carbocycles. The van der Waals surface area contributed by atoms with Crippen molar-refractivity contribution in [1.29, 1.82) is 0 Å². The number of nitrogens with zero attached hydrogens (tertiary/aromatic N) is 2. The summed E-state index contributed by atoms with van der Waals surface area (Å²) in [6.07, 6.45) is 3.05. The van der Waals surface area contributed by atoms with Gasteiger partial charge in [-0.05, 0) is 30.5 Å². The van der Waals surface area contributed by atoms with E-state index in [2.05, 4.69) is 38.2 Å². The number of hydrogen-bond donors (Lipinski definition) is 0. The second-order valence-corrected chi connectivity index (χ2v) is 8.06. The van der Waals surface area contributed by atoms with E-state index < -0.39 is 3.79 Å². The van der Waals surface area contributed by atoms with Gasteiger partial charge in [-0.15, -0.1) is 0 Å². The van der Waals surface area contributed by atoms with Crippen LogP contribution in [0.5, 0.6) is 0 Å². The maximum absolute atomic E-state index is 5.78. The van der Waals surface area contributed by atoms with Crippen molar-refractivity contribution in [2.45, 2.75) is 28.5 Å². The molecule has 0 aliphatic heterocycles. The molecule has 7 heteroatoms. The van der Waals surface area contributed by atoms with Crippen molar-refractivity contribution in [3.63, 3.8) is 0 Å². The number of hydrogen-bond acceptors (Lipinski definition) is 3. The Labute approximate surface area is 139 Å². The Balaban J connectivity index is 2.01. The van der Waals surface area contributed by atoms with Gasteiger partial charge in [0.1, 0.15) is 0 Å². The third kappa shape index (κ3) is 2.47. The molecular formula is C13H10BrCl3N2O. The summed E-state index contributed by atoms with van der Waals surface area (Å²) < 4.78 is 4.44. The van der Waals surface area contributed by atoms with Crippen LogP contribution >= 0.6 is 50.7 Å². The zero-order valence-corrected chi connectivity index (χ0v) is 14.1. The van der Waals surface area contributed by atoms with E-state index in [1.165, 1.54) is 0 Å². The third-order valence-corrected chi connectivity index (χ3v) is 4.71. The summed E-state index contributed by atoms with van der Waals surface area (Å²) in [7, 11) is 0. The zero-order chi connectivity index (χ0) is 14.4. The van der Waals surface area contributed by atoms with Gasteiger partial charge in [0.15, 0.2) is 5.82 Å². The van der Waals surface area contributed by atoms with Crippen molar-refractivity contribution in [2.24, 2.45) is 0 Å². The lowest BCUT2D eigenvalue weighted by molar-refractivity contribution is 0.271. The molecule has 0 saturated heterocycles. The summed E-state index contributed by atoms with van der Waals surface area (Å²) in [5.74, 6) is 0.605. The van der Waals surface area contributed by atoms with Gasteiger partial charge in [0.2, 0.25) is 0 Å². The van der Waals surface area contributed by atoms with Gasteiger partial charge in [0.25, 0.3) is 9.68 Å². The predicted octanol–water partition coefficient (Wildman–Crippen LogP) is 5.13. The quantitative estimate of drug-likeness (QED) is 0.661. The Morgan fingerprint density at radius 1 is 1.15 bits per heavy atom. The van der Waals surface area contributed by atoms with E-state index in [-0.39, 0.29) is 11.3 Å². The van der Waals surface area contributed by atoms with Crippen LogP contribution in [0.25, 0.3) is 0 Å². The molecule has 0 spiro atoms. The molecule has 3 rings (SSSR count). The number of aromatic nitrogens is 2. The van der Waals surface area contributed by atoms with E-state index >= 15 is 0 Å². The van der Waals surface area contributed by atoms with Crippen LogP contribution in [0, 0.1) is 0 Å². The number of rotatable bonds is 2. The van der Waals surface area contributed by atoms with E-state index in [0.717, 1.165) is 29.3 Å². The first-order chi connectivity index (χ1) is 9.42. The van der Waals surface area contributed by atoms with Gasteiger partial charge in [-0.1, -0.05) is 74.4 Å². The van der Waals surface area contributed by atoms with Gasteiger partial charge < -0.3 is 4.52 Å². The van der Waals surface area contributed by atoms with Crippen molar-refractivity contribution in [1.82, 2.24) is 10.1 Å². The number of alkyl halides is 3. The average molecular weight is 396 g/mol. The normalized spacial score (nSPS) is 17.8. The van der Waals surface area contributed by atoms with Crippen molar-refractivity contribution < 1.29 is 4.52 Å². The molecule has 0 atom stereocenters.